The van der Waals surface area contributed by atoms with E-state index >= 15 is 0 Å². The Labute approximate surface area is 136 Å². The summed E-state index contributed by atoms with van der Waals surface area (Å²) < 4.78 is 6.54. The molecule has 2 aliphatic carbocycles. The lowest BCUT2D eigenvalue weighted by Gasteiger charge is -2.66. The molecule has 1 N–H and O–H groups in total. The standard InChI is InChI=1S/C20H34O2/c1-7-18(4)12-9-14-19(5)11-8-10-17(2,3)15(19)13-16(21)20(14,6)22-18/h7,14-16,21H,1,8-13H2,2-6H3. The van der Waals surface area contributed by atoms with Gasteiger partial charge in [-0.2, -0.15) is 0 Å². The van der Waals surface area contributed by atoms with Crippen molar-refractivity contribution in [2.45, 2.75) is 90.4 Å². The van der Waals surface area contributed by atoms with Crippen molar-refractivity contribution in [1.29, 1.82) is 0 Å². The lowest BCUT2D eigenvalue weighted by atomic mass is 9.44. The van der Waals surface area contributed by atoms with Crippen LogP contribution in [0.2, 0.25) is 0 Å². The fourth-order valence-corrected chi connectivity index (χ4v) is 6.40. The molecule has 0 aromatic carbocycles. The number of hydrogen-bond acceptors (Lipinski definition) is 2. The molecule has 0 radical (unpaired) electrons. The zero-order chi connectivity index (χ0) is 16.4. The molecule has 3 aliphatic rings. The third-order valence-electron chi connectivity index (χ3n) is 7.70. The average Bonchev–Trinajstić information content (AvgIpc) is 2.41. The Morgan fingerprint density at radius 3 is 2.36 bits per heavy atom. The van der Waals surface area contributed by atoms with Crippen LogP contribution in [0.4, 0.5) is 0 Å². The molecule has 2 nitrogen and oxygen atoms in total. The topological polar surface area (TPSA) is 29.5 Å². The van der Waals surface area contributed by atoms with E-state index in [0.29, 0.717) is 17.3 Å². The first-order valence-electron chi connectivity index (χ1n) is 9.09. The Hall–Kier alpha value is -0.340. The van der Waals surface area contributed by atoms with Gasteiger partial charge in [-0.25, -0.2) is 0 Å². The molecule has 22 heavy (non-hydrogen) atoms. The van der Waals surface area contributed by atoms with E-state index in [-0.39, 0.29) is 17.1 Å². The molecule has 0 bridgehead atoms. The number of hydrogen-bond donors (Lipinski definition) is 1. The molecule has 6 atom stereocenters. The molecule has 2 saturated carbocycles. The molecular formula is C20H34O2. The average molecular weight is 306 g/mol. The third kappa shape index (κ3) is 2.13. The van der Waals surface area contributed by atoms with Gasteiger partial charge in [0.15, 0.2) is 0 Å². The minimum Gasteiger partial charge on any atom is -0.390 e. The summed E-state index contributed by atoms with van der Waals surface area (Å²) in [4.78, 5) is 0. The largest absolute Gasteiger partial charge is 0.390 e. The van der Waals surface area contributed by atoms with E-state index < -0.39 is 5.60 Å². The SMILES string of the molecule is C=CC1(C)CCC2C3(C)CCCC(C)(C)C3CC(O)C2(C)O1. The third-order valence-corrected chi connectivity index (χ3v) is 7.70. The van der Waals surface area contributed by atoms with Crippen LogP contribution in [-0.2, 0) is 4.74 Å². The van der Waals surface area contributed by atoms with Crippen LogP contribution in [0.15, 0.2) is 12.7 Å². The first kappa shape index (κ1) is 16.5. The van der Waals surface area contributed by atoms with Crippen molar-refractivity contribution in [2.24, 2.45) is 22.7 Å². The Morgan fingerprint density at radius 2 is 1.73 bits per heavy atom. The molecule has 1 saturated heterocycles. The Kier molecular flexibility index (Phi) is 3.63. The van der Waals surface area contributed by atoms with Gasteiger partial charge in [0.05, 0.1) is 17.3 Å². The monoisotopic (exact) mass is 306 g/mol. The van der Waals surface area contributed by atoms with E-state index in [4.69, 9.17) is 4.74 Å². The summed E-state index contributed by atoms with van der Waals surface area (Å²) in [7, 11) is 0. The molecular weight excluding hydrogens is 272 g/mol. The highest BCUT2D eigenvalue weighted by atomic mass is 16.5. The Balaban J connectivity index is 2.01. The molecule has 1 aliphatic heterocycles. The first-order chi connectivity index (χ1) is 10.1. The van der Waals surface area contributed by atoms with Crippen molar-refractivity contribution in [1.82, 2.24) is 0 Å². The predicted octanol–water partition coefficient (Wildman–Crippen LogP) is 4.71. The summed E-state index contributed by atoms with van der Waals surface area (Å²) in [5.41, 5.74) is -0.105. The van der Waals surface area contributed by atoms with Crippen LogP contribution in [0.5, 0.6) is 0 Å². The van der Waals surface area contributed by atoms with Crippen molar-refractivity contribution in [3.63, 3.8) is 0 Å². The lowest BCUT2D eigenvalue weighted by molar-refractivity contribution is -0.290. The number of aliphatic hydroxyl groups excluding tert-OH is 1. The fourth-order valence-electron chi connectivity index (χ4n) is 6.40. The smallest absolute Gasteiger partial charge is 0.0957 e. The zero-order valence-electron chi connectivity index (χ0n) is 15.1. The maximum atomic E-state index is 11.0. The van der Waals surface area contributed by atoms with E-state index in [1.165, 1.54) is 19.3 Å². The summed E-state index contributed by atoms with van der Waals surface area (Å²) in [5.74, 6) is 1.04. The van der Waals surface area contributed by atoms with Gasteiger partial charge in [-0.1, -0.05) is 33.3 Å². The predicted molar refractivity (Wildman–Crippen MR) is 90.7 cm³/mol. The first-order valence-corrected chi connectivity index (χ1v) is 9.09. The molecule has 126 valence electrons. The van der Waals surface area contributed by atoms with Gasteiger partial charge >= 0.3 is 0 Å². The van der Waals surface area contributed by atoms with Crippen molar-refractivity contribution in [3.8, 4) is 0 Å². The van der Waals surface area contributed by atoms with E-state index in [2.05, 4.69) is 41.2 Å². The van der Waals surface area contributed by atoms with E-state index in [9.17, 15) is 5.11 Å². The van der Waals surface area contributed by atoms with Gasteiger partial charge < -0.3 is 9.84 Å². The van der Waals surface area contributed by atoms with Crippen LogP contribution in [0, 0.1) is 22.7 Å². The van der Waals surface area contributed by atoms with Crippen molar-refractivity contribution >= 4 is 0 Å². The molecule has 6 unspecified atom stereocenters. The summed E-state index contributed by atoms with van der Waals surface area (Å²) in [6.45, 7) is 15.5. The van der Waals surface area contributed by atoms with Gasteiger partial charge in [0.1, 0.15) is 0 Å². The zero-order valence-corrected chi connectivity index (χ0v) is 15.1. The maximum absolute atomic E-state index is 11.0. The van der Waals surface area contributed by atoms with Crippen molar-refractivity contribution in [3.05, 3.63) is 12.7 Å². The second-order valence-corrected chi connectivity index (χ2v) is 9.55. The molecule has 0 aromatic rings. The van der Waals surface area contributed by atoms with Gasteiger partial charge in [-0.3, -0.25) is 0 Å². The van der Waals surface area contributed by atoms with Crippen molar-refractivity contribution in [2.75, 3.05) is 0 Å². The van der Waals surface area contributed by atoms with Gasteiger partial charge in [0.2, 0.25) is 0 Å². The molecule has 0 aromatic heterocycles. The van der Waals surface area contributed by atoms with E-state index in [0.717, 1.165) is 19.3 Å². The number of ether oxygens (including phenoxy) is 1. The summed E-state index contributed by atoms with van der Waals surface area (Å²) in [5, 5.41) is 11.0. The number of rotatable bonds is 1. The van der Waals surface area contributed by atoms with Crippen LogP contribution < -0.4 is 0 Å². The summed E-state index contributed by atoms with van der Waals surface area (Å²) in [6, 6.07) is 0. The van der Waals surface area contributed by atoms with Gasteiger partial charge in [0.25, 0.3) is 0 Å². The van der Waals surface area contributed by atoms with Crippen LogP contribution in [-0.4, -0.2) is 22.4 Å². The van der Waals surface area contributed by atoms with Gasteiger partial charge in [0, 0.05) is 0 Å². The second-order valence-electron chi connectivity index (χ2n) is 9.55. The minimum atomic E-state index is -0.431. The van der Waals surface area contributed by atoms with E-state index in [1.54, 1.807) is 0 Å². The number of fused-ring (bicyclic) bond motifs is 3. The number of aliphatic hydroxyl groups is 1. The molecule has 3 fully saturated rings. The maximum Gasteiger partial charge on any atom is 0.0957 e. The van der Waals surface area contributed by atoms with Crippen LogP contribution in [0.3, 0.4) is 0 Å². The van der Waals surface area contributed by atoms with Gasteiger partial charge in [-0.15, -0.1) is 6.58 Å². The molecule has 0 spiro atoms. The molecule has 3 rings (SSSR count). The van der Waals surface area contributed by atoms with Crippen LogP contribution in [0.25, 0.3) is 0 Å². The fraction of sp³-hybridized carbons (Fsp3) is 0.900. The lowest BCUT2D eigenvalue weighted by Crippen LogP contribution is -2.67. The normalized spacial score (nSPS) is 54.2. The van der Waals surface area contributed by atoms with E-state index in [1.807, 2.05) is 6.08 Å². The quantitative estimate of drug-likeness (QED) is 0.711. The second kappa shape index (κ2) is 4.83. The summed E-state index contributed by atoms with van der Waals surface area (Å²) in [6.07, 6.45) is 8.47. The molecule has 0 amide bonds. The van der Waals surface area contributed by atoms with Crippen LogP contribution in [0.1, 0.15) is 73.1 Å². The Morgan fingerprint density at radius 1 is 1.05 bits per heavy atom. The highest BCUT2D eigenvalue weighted by Gasteiger charge is 2.64. The molecule has 2 heteroatoms. The minimum absolute atomic E-state index is 0.290. The van der Waals surface area contributed by atoms with Crippen LogP contribution >= 0.6 is 0 Å². The highest BCUT2D eigenvalue weighted by Crippen LogP contribution is 2.65. The van der Waals surface area contributed by atoms with Gasteiger partial charge in [-0.05, 0) is 68.6 Å². The molecule has 1 heterocycles. The highest BCUT2D eigenvalue weighted by molar-refractivity contribution is 5.15. The summed E-state index contributed by atoms with van der Waals surface area (Å²) >= 11 is 0. The van der Waals surface area contributed by atoms with Crippen molar-refractivity contribution < 1.29 is 9.84 Å². The Bertz CT molecular complexity index is 470.